The van der Waals surface area contributed by atoms with Crippen molar-refractivity contribution in [3.05, 3.63) is 55.3 Å². The second-order valence-corrected chi connectivity index (χ2v) is 11.6. The van der Waals surface area contributed by atoms with Gasteiger partial charge in [-0.3, -0.25) is 9.59 Å². The van der Waals surface area contributed by atoms with Gasteiger partial charge in [-0.15, -0.1) is 11.3 Å². The Morgan fingerprint density at radius 3 is 2.64 bits per heavy atom. The van der Waals surface area contributed by atoms with Crippen LogP contribution in [0.2, 0.25) is 0 Å². The van der Waals surface area contributed by atoms with Crippen LogP contribution in [-0.4, -0.2) is 29.9 Å². The topological polar surface area (TPSA) is 66.4 Å². The van der Waals surface area contributed by atoms with Gasteiger partial charge >= 0.3 is 0 Å². The minimum atomic E-state index is -0.0363. The van der Waals surface area contributed by atoms with E-state index in [0.717, 1.165) is 30.1 Å². The molecule has 0 radical (unpaired) electrons. The Morgan fingerprint density at radius 1 is 1.18 bits per heavy atom. The Morgan fingerprint density at radius 2 is 1.94 bits per heavy atom. The van der Waals surface area contributed by atoms with Gasteiger partial charge in [-0.25, -0.2) is 0 Å². The van der Waals surface area contributed by atoms with E-state index >= 15 is 0 Å². The smallest absolute Gasteiger partial charge is 0.220 e. The second-order valence-electron chi connectivity index (χ2n) is 10.4. The predicted molar refractivity (Wildman–Crippen MR) is 134 cm³/mol. The molecule has 4 rings (SSSR count). The molecule has 33 heavy (non-hydrogen) atoms. The molecule has 1 aromatic carbocycles. The van der Waals surface area contributed by atoms with Gasteiger partial charge in [0.25, 0.3) is 0 Å². The maximum absolute atomic E-state index is 13.2. The van der Waals surface area contributed by atoms with Crippen molar-refractivity contribution in [2.45, 2.75) is 79.1 Å². The summed E-state index contributed by atoms with van der Waals surface area (Å²) in [5.74, 6) is 1.66. The van der Waals surface area contributed by atoms with Crippen LogP contribution in [0.5, 0.6) is 0 Å². The zero-order valence-electron chi connectivity index (χ0n) is 20.6. The Bertz CT molecular complexity index is 1080. The lowest BCUT2D eigenvalue weighted by molar-refractivity contribution is -0.121. The number of hydrogen-bond donors (Lipinski definition) is 2. The molecule has 1 fully saturated rings. The molecule has 2 aromatic rings. The summed E-state index contributed by atoms with van der Waals surface area (Å²) in [6, 6.07) is 4.41. The fourth-order valence-electron chi connectivity index (χ4n) is 6.04. The van der Waals surface area contributed by atoms with Crippen LogP contribution >= 0.6 is 11.3 Å². The number of thiophene rings is 1. The number of amides is 1. The molecule has 1 saturated carbocycles. The van der Waals surface area contributed by atoms with Crippen LogP contribution in [0.1, 0.15) is 87.5 Å². The Hall–Kier alpha value is -1.98. The molecule has 1 aromatic heterocycles. The maximum Gasteiger partial charge on any atom is 0.220 e. The van der Waals surface area contributed by atoms with Crippen molar-refractivity contribution in [2.75, 3.05) is 13.2 Å². The first-order valence-electron chi connectivity index (χ1n) is 12.3. The van der Waals surface area contributed by atoms with Gasteiger partial charge in [-0.2, -0.15) is 0 Å². The number of carbonyl (C=O) groups excluding carboxylic acids is 2. The third-order valence-corrected chi connectivity index (χ3v) is 9.16. The molecule has 2 N–H and O–H groups in total. The van der Waals surface area contributed by atoms with E-state index in [1.165, 1.54) is 38.3 Å². The van der Waals surface area contributed by atoms with Crippen LogP contribution in [0.15, 0.2) is 12.1 Å². The zero-order chi connectivity index (χ0) is 23.9. The fraction of sp³-hybridized carbons (Fsp3) is 0.571. The highest BCUT2D eigenvalue weighted by molar-refractivity contribution is 7.14. The molecule has 0 bridgehead atoms. The van der Waals surface area contributed by atoms with Crippen molar-refractivity contribution in [1.82, 2.24) is 5.32 Å². The first-order chi connectivity index (χ1) is 15.7. The monoisotopic (exact) mass is 467 g/mol. The van der Waals surface area contributed by atoms with E-state index in [4.69, 9.17) is 5.11 Å². The van der Waals surface area contributed by atoms with Gasteiger partial charge in [-0.1, -0.05) is 32.9 Å². The van der Waals surface area contributed by atoms with Crippen LogP contribution in [0.3, 0.4) is 0 Å². The molecule has 5 heteroatoms. The van der Waals surface area contributed by atoms with Gasteiger partial charge in [0.2, 0.25) is 5.91 Å². The van der Waals surface area contributed by atoms with Gasteiger partial charge in [0, 0.05) is 24.3 Å². The second kappa shape index (κ2) is 9.34. The molecule has 178 valence electrons. The third-order valence-electron chi connectivity index (χ3n) is 7.96. The number of fused-ring (bicyclic) bond motifs is 3. The lowest BCUT2D eigenvalue weighted by atomic mass is 9.91. The lowest BCUT2D eigenvalue weighted by Crippen LogP contribution is -2.26. The Labute approximate surface area is 201 Å². The number of aryl methyl sites for hydroxylation is 4. The van der Waals surface area contributed by atoms with Crippen molar-refractivity contribution in [3.63, 3.8) is 0 Å². The van der Waals surface area contributed by atoms with Gasteiger partial charge < -0.3 is 10.4 Å². The number of Topliss-reactive ketones (excluding diaryl/α,β-unsaturated/α-hetero) is 1. The number of carbonyl (C=O) groups is 2. The summed E-state index contributed by atoms with van der Waals surface area (Å²) in [6.07, 6.45) is 4.42. The van der Waals surface area contributed by atoms with Crippen molar-refractivity contribution in [3.8, 4) is 0 Å². The molecule has 0 aliphatic heterocycles. The SMILES string of the molecule is CCc1cc(CCC(=O)c2sc(C)c3c2C[C@@H]2C3C2(C)C)cc(C)c1CCC(=O)NCCO. The van der Waals surface area contributed by atoms with E-state index in [1.807, 2.05) is 0 Å². The first-order valence-corrected chi connectivity index (χ1v) is 13.1. The highest BCUT2D eigenvalue weighted by Gasteiger charge is 2.63. The summed E-state index contributed by atoms with van der Waals surface area (Å²) in [5.41, 5.74) is 8.17. The quantitative estimate of drug-likeness (QED) is 0.479. The molecule has 2 aliphatic carbocycles. The number of nitrogens with one attached hydrogen (secondary N) is 1. The third kappa shape index (κ3) is 4.54. The van der Waals surface area contributed by atoms with Crippen LogP contribution in [0, 0.1) is 25.2 Å². The molecule has 2 aliphatic rings. The number of ketones is 1. The normalized spacial score (nSPS) is 19.8. The summed E-state index contributed by atoms with van der Waals surface area (Å²) in [7, 11) is 0. The molecule has 0 saturated heterocycles. The first kappa shape index (κ1) is 24.2. The lowest BCUT2D eigenvalue weighted by Gasteiger charge is -2.15. The molecule has 1 unspecified atom stereocenters. The average molecular weight is 468 g/mol. The van der Waals surface area contributed by atoms with Crippen LogP contribution < -0.4 is 5.32 Å². The van der Waals surface area contributed by atoms with Crippen LogP contribution in [0.4, 0.5) is 0 Å². The Balaban J connectivity index is 1.42. The van der Waals surface area contributed by atoms with Crippen LogP contribution in [0.25, 0.3) is 0 Å². The molecular formula is C28H37NO3S. The maximum atomic E-state index is 13.2. The summed E-state index contributed by atoms with van der Waals surface area (Å²) >= 11 is 1.72. The van der Waals surface area contributed by atoms with Gasteiger partial charge in [0.05, 0.1) is 11.5 Å². The van der Waals surface area contributed by atoms with Crippen molar-refractivity contribution >= 4 is 23.0 Å². The summed E-state index contributed by atoms with van der Waals surface area (Å²) in [5, 5.41) is 11.6. The van der Waals surface area contributed by atoms with Crippen LogP contribution in [-0.2, 0) is 30.5 Å². The van der Waals surface area contributed by atoms with E-state index in [2.05, 4.69) is 52.1 Å². The number of rotatable bonds is 10. The molecule has 4 nitrogen and oxygen atoms in total. The molecule has 0 spiro atoms. The van der Waals surface area contributed by atoms with Gasteiger partial charge in [0.15, 0.2) is 5.78 Å². The van der Waals surface area contributed by atoms with E-state index in [9.17, 15) is 9.59 Å². The molecular weight excluding hydrogens is 430 g/mol. The molecule has 2 atom stereocenters. The number of aliphatic hydroxyl groups excluding tert-OH is 1. The van der Waals surface area contributed by atoms with Gasteiger partial charge in [-0.05, 0) is 90.2 Å². The fourth-order valence-corrected chi connectivity index (χ4v) is 7.24. The van der Waals surface area contributed by atoms with E-state index in [1.54, 1.807) is 11.3 Å². The molecule has 1 heterocycles. The average Bonchev–Trinajstić information content (AvgIpc) is 3.10. The largest absolute Gasteiger partial charge is 0.395 e. The standard InChI is InChI=1S/C28H37NO3S/c1-6-19-14-18(13-16(2)20(19)8-10-24(32)29-11-12-30)7-9-23(31)27-21-15-22-26(28(22,4)5)25(21)17(3)33-27/h13-14,22,26,30H,6-12,15H2,1-5H3,(H,29,32)/t22-,26?/m1/s1. The highest BCUT2D eigenvalue weighted by Crippen LogP contribution is 2.71. The number of benzene rings is 1. The van der Waals surface area contributed by atoms with E-state index in [-0.39, 0.29) is 12.5 Å². The minimum absolute atomic E-state index is 0.0278. The van der Waals surface area contributed by atoms with Crippen molar-refractivity contribution in [2.24, 2.45) is 11.3 Å². The number of aliphatic hydroxyl groups is 1. The summed E-state index contributed by atoms with van der Waals surface area (Å²) in [4.78, 5) is 27.5. The zero-order valence-corrected chi connectivity index (χ0v) is 21.5. The van der Waals surface area contributed by atoms with Gasteiger partial charge in [0.1, 0.15) is 0 Å². The number of hydrogen-bond acceptors (Lipinski definition) is 4. The summed E-state index contributed by atoms with van der Waals surface area (Å²) < 4.78 is 0. The van der Waals surface area contributed by atoms with Crippen molar-refractivity contribution in [1.29, 1.82) is 0 Å². The molecule has 1 amide bonds. The van der Waals surface area contributed by atoms with Crippen molar-refractivity contribution < 1.29 is 14.7 Å². The van der Waals surface area contributed by atoms with E-state index < -0.39 is 0 Å². The Kier molecular flexibility index (Phi) is 6.84. The predicted octanol–water partition coefficient (Wildman–Crippen LogP) is 5.08. The highest BCUT2D eigenvalue weighted by atomic mass is 32.1. The minimum Gasteiger partial charge on any atom is -0.395 e. The van der Waals surface area contributed by atoms with E-state index in [0.29, 0.717) is 42.9 Å². The summed E-state index contributed by atoms with van der Waals surface area (Å²) in [6.45, 7) is 11.4.